The van der Waals surface area contributed by atoms with Crippen LogP contribution in [0.25, 0.3) is 6.08 Å². The number of ether oxygens (including phenoxy) is 2. The second-order valence-electron chi connectivity index (χ2n) is 6.64. The zero-order chi connectivity index (χ0) is 20.9. The van der Waals surface area contributed by atoms with Crippen molar-refractivity contribution in [3.63, 3.8) is 0 Å². The summed E-state index contributed by atoms with van der Waals surface area (Å²) in [6, 6.07) is 21.6. The van der Waals surface area contributed by atoms with Gasteiger partial charge in [0.15, 0.2) is 0 Å². The highest BCUT2D eigenvalue weighted by atomic mass is 19.1. The normalized spacial score (nSPS) is 16.0. The number of benzene rings is 3. The number of carbonyl (C=O) groups excluding carboxylic acids is 2. The fraction of sp³-hybridized carbons (Fsp3) is 0.0833. The second-order valence-corrected chi connectivity index (χ2v) is 6.64. The van der Waals surface area contributed by atoms with Crippen molar-refractivity contribution in [3.05, 3.63) is 102 Å². The third-order valence-electron chi connectivity index (χ3n) is 4.66. The first-order valence-electron chi connectivity index (χ1n) is 9.37. The minimum atomic E-state index is -0.729. The van der Waals surface area contributed by atoms with Gasteiger partial charge in [-0.2, -0.15) is 0 Å². The molecule has 1 heterocycles. The van der Waals surface area contributed by atoms with E-state index in [0.29, 0.717) is 22.6 Å². The van der Waals surface area contributed by atoms with Gasteiger partial charge in [0.05, 0.1) is 0 Å². The number of nitrogens with zero attached hydrogens (tertiary/aromatic N) is 1. The molecular formula is C24H18FNO4. The van der Waals surface area contributed by atoms with Crippen molar-refractivity contribution in [2.24, 2.45) is 0 Å². The Labute approximate surface area is 173 Å². The van der Waals surface area contributed by atoms with Gasteiger partial charge in [0.1, 0.15) is 30.0 Å². The Morgan fingerprint density at radius 1 is 1.00 bits per heavy atom. The number of hydrogen-bond acceptors (Lipinski definition) is 4. The van der Waals surface area contributed by atoms with Crippen molar-refractivity contribution in [1.29, 1.82) is 0 Å². The van der Waals surface area contributed by atoms with E-state index in [4.69, 9.17) is 9.47 Å². The number of cyclic esters (lactones) is 1. The number of amides is 2. The lowest BCUT2D eigenvalue weighted by Gasteiger charge is -2.18. The van der Waals surface area contributed by atoms with E-state index in [1.165, 1.54) is 30.3 Å². The lowest BCUT2D eigenvalue weighted by Crippen LogP contribution is -2.32. The van der Waals surface area contributed by atoms with Gasteiger partial charge in [-0.15, -0.1) is 0 Å². The molecule has 3 aromatic rings. The Bertz CT molecular complexity index is 1080. The van der Waals surface area contributed by atoms with Gasteiger partial charge in [-0.3, -0.25) is 4.79 Å². The number of carbonyl (C=O) groups is 2. The third-order valence-corrected chi connectivity index (χ3v) is 4.66. The molecule has 2 amide bonds. The number of imide groups is 1. The Balaban J connectivity index is 1.54. The van der Waals surface area contributed by atoms with Crippen molar-refractivity contribution in [2.75, 3.05) is 6.61 Å². The number of para-hydroxylation sites is 2. The van der Waals surface area contributed by atoms with Gasteiger partial charge in [-0.25, -0.2) is 14.1 Å². The molecule has 30 heavy (non-hydrogen) atoms. The molecule has 0 aliphatic carbocycles. The molecule has 4 rings (SSSR count). The maximum atomic E-state index is 13.2. The van der Waals surface area contributed by atoms with Crippen LogP contribution in [0.2, 0.25) is 0 Å². The lowest BCUT2D eigenvalue weighted by atomic mass is 10.1. The summed E-state index contributed by atoms with van der Waals surface area (Å²) in [6.07, 6.45) is 2.16. The summed E-state index contributed by atoms with van der Waals surface area (Å²) in [4.78, 5) is 25.9. The first kappa shape index (κ1) is 19.4. The van der Waals surface area contributed by atoms with E-state index in [1.54, 1.807) is 12.1 Å². The van der Waals surface area contributed by atoms with Gasteiger partial charge in [0.25, 0.3) is 5.91 Å². The highest BCUT2D eigenvalue weighted by Crippen LogP contribution is 2.29. The monoisotopic (exact) mass is 403 g/mol. The first-order chi connectivity index (χ1) is 14.6. The van der Waals surface area contributed by atoms with Crippen molar-refractivity contribution < 1.29 is 23.5 Å². The summed E-state index contributed by atoms with van der Waals surface area (Å²) in [5, 5.41) is 0. The van der Waals surface area contributed by atoms with E-state index in [9.17, 15) is 14.0 Å². The number of halogens is 1. The molecule has 1 aliphatic rings. The maximum Gasteiger partial charge on any atom is 0.417 e. The molecule has 0 radical (unpaired) electrons. The molecule has 6 heteroatoms. The van der Waals surface area contributed by atoms with Crippen LogP contribution in [0.4, 0.5) is 9.18 Å². The number of rotatable bonds is 5. The predicted octanol–water partition coefficient (Wildman–Crippen LogP) is 5.35. The van der Waals surface area contributed by atoms with Gasteiger partial charge >= 0.3 is 6.09 Å². The Kier molecular flexibility index (Phi) is 5.57. The predicted molar refractivity (Wildman–Crippen MR) is 109 cm³/mol. The van der Waals surface area contributed by atoms with Crippen LogP contribution in [-0.2, 0) is 9.53 Å². The van der Waals surface area contributed by atoms with E-state index < -0.39 is 23.9 Å². The molecule has 1 atom stereocenters. The van der Waals surface area contributed by atoms with Gasteiger partial charge in [-0.05, 0) is 42.0 Å². The average molecular weight is 403 g/mol. The van der Waals surface area contributed by atoms with Crippen LogP contribution in [-0.4, -0.2) is 23.5 Å². The molecule has 1 aliphatic heterocycles. The van der Waals surface area contributed by atoms with Crippen LogP contribution in [0, 0.1) is 5.82 Å². The summed E-state index contributed by atoms with van der Waals surface area (Å²) in [6.45, 7) is 0.0255. The van der Waals surface area contributed by atoms with E-state index in [-0.39, 0.29) is 6.61 Å². The maximum absolute atomic E-state index is 13.2. The van der Waals surface area contributed by atoms with Crippen molar-refractivity contribution in [3.8, 4) is 11.5 Å². The highest BCUT2D eigenvalue weighted by Gasteiger charge is 2.37. The standard InChI is InChI=1S/C24H18FNO4/c25-19-13-10-17(11-14-19)21-16-29-24(28)26(21)23(27)15-12-18-6-4-5-9-22(18)30-20-7-2-1-3-8-20/h1-15,21H,16H2/b15-12+. The molecule has 1 fully saturated rings. The third kappa shape index (κ3) is 4.22. The second kappa shape index (κ2) is 8.61. The summed E-state index contributed by atoms with van der Waals surface area (Å²) < 4.78 is 24.1. The SMILES string of the molecule is O=C(/C=C/c1ccccc1Oc1ccccc1)N1C(=O)OCC1c1ccc(F)cc1. The molecule has 150 valence electrons. The lowest BCUT2D eigenvalue weighted by molar-refractivity contribution is -0.124. The molecule has 0 aromatic heterocycles. The molecule has 3 aromatic carbocycles. The van der Waals surface area contributed by atoms with Crippen LogP contribution in [0.5, 0.6) is 11.5 Å². The molecule has 0 N–H and O–H groups in total. The Hall–Kier alpha value is -3.93. The summed E-state index contributed by atoms with van der Waals surface area (Å²) >= 11 is 0. The van der Waals surface area contributed by atoms with E-state index >= 15 is 0 Å². The Morgan fingerprint density at radius 3 is 2.47 bits per heavy atom. The summed E-state index contributed by atoms with van der Waals surface area (Å²) in [5.74, 6) is 0.328. The topological polar surface area (TPSA) is 55.8 Å². The summed E-state index contributed by atoms with van der Waals surface area (Å²) in [5.41, 5.74) is 1.30. The van der Waals surface area contributed by atoms with Gasteiger partial charge in [-0.1, -0.05) is 48.5 Å². The van der Waals surface area contributed by atoms with Crippen molar-refractivity contribution in [1.82, 2.24) is 4.90 Å². The molecule has 0 spiro atoms. The van der Waals surface area contributed by atoms with Crippen LogP contribution >= 0.6 is 0 Å². The fourth-order valence-corrected chi connectivity index (χ4v) is 3.16. The molecule has 0 saturated carbocycles. The summed E-state index contributed by atoms with van der Waals surface area (Å²) in [7, 11) is 0. The zero-order valence-corrected chi connectivity index (χ0v) is 15.9. The van der Waals surface area contributed by atoms with E-state index in [1.807, 2.05) is 48.5 Å². The van der Waals surface area contributed by atoms with Crippen LogP contribution in [0.3, 0.4) is 0 Å². The smallest absolute Gasteiger partial charge is 0.417 e. The van der Waals surface area contributed by atoms with Gasteiger partial charge in [0, 0.05) is 11.6 Å². The quantitative estimate of drug-likeness (QED) is 0.539. The minimum absolute atomic E-state index is 0.0255. The average Bonchev–Trinajstić information content (AvgIpc) is 3.15. The Morgan fingerprint density at radius 2 is 1.70 bits per heavy atom. The van der Waals surface area contributed by atoms with Crippen LogP contribution in [0.1, 0.15) is 17.2 Å². The molecule has 0 bridgehead atoms. The molecule has 1 unspecified atom stereocenters. The largest absolute Gasteiger partial charge is 0.457 e. The van der Waals surface area contributed by atoms with Gasteiger partial charge in [0.2, 0.25) is 0 Å². The van der Waals surface area contributed by atoms with Gasteiger partial charge < -0.3 is 9.47 Å². The first-order valence-corrected chi connectivity index (χ1v) is 9.37. The number of hydrogen-bond donors (Lipinski definition) is 0. The highest BCUT2D eigenvalue weighted by molar-refractivity contribution is 6.02. The van der Waals surface area contributed by atoms with E-state index in [2.05, 4.69) is 0 Å². The van der Waals surface area contributed by atoms with Crippen molar-refractivity contribution >= 4 is 18.1 Å². The van der Waals surface area contributed by atoms with Crippen LogP contribution < -0.4 is 4.74 Å². The molecular weight excluding hydrogens is 385 g/mol. The molecule has 1 saturated heterocycles. The van der Waals surface area contributed by atoms with Crippen molar-refractivity contribution in [2.45, 2.75) is 6.04 Å². The van der Waals surface area contributed by atoms with Crippen LogP contribution in [0.15, 0.2) is 84.9 Å². The van der Waals surface area contributed by atoms with E-state index in [0.717, 1.165) is 4.90 Å². The fourth-order valence-electron chi connectivity index (χ4n) is 3.16. The molecule has 5 nitrogen and oxygen atoms in total. The zero-order valence-electron chi connectivity index (χ0n) is 15.9. The minimum Gasteiger partial charge on any atom is -0.457 e.